The number of rotatable bonds is 5. The predicted octanol–water partition coefficient (Wildman–Crippen LogP) is 2.18. The Kier molecular flexibility index (Phi) is 4.88. The molecule has 1 aromatic heterocycles. The molecule has 1 rings (SSSR count). The Labute approximate surface area is 128 Å². The molecule has 1 atom stereocenters. The third kappa shape index (κ3) is 4.30. The van der Waals surface area contributed by atoms with Gasteiger partial charge in [-0.05, 0) is 33.1 Å². The highest BCUT2D eigenvalue weighted by Crippen LogP contribution is 2.30. The zero-order chi connectivity index (χ0) is 16.5. The number of imidazole rings is 1. The van der Waals surface area contributed by atoms with Gasteiger partial charge in [-0.1, -0.05) is 20.8 Å². The van der Waals surface area contributed by atoms with Crippen molar-refractivity contribution in [3.05, 3.63) is 18.7 Å². The molecule has 1 aromatic rings. The Bertz CT molecular complexity index is 463. The van der Waals surface area contributed by atoms with E-state index in [-0.39, 0.29) is 17.4 Å². The van der Waals surface area contributed by atoms with Crippen LogP contribution in [0.4, 0.5) is 0 Å². The largest absolute Gasteiger partial charge is 0.351 e. The maximum atomic E-state index is 12.7. The van der Waals surface area contributed by atoms with Crippen molar-refractivity contribution in [2.24, 2.45) is 16.6 Å². The summed E-state index contributed by atoms with van der Waals surface area (Å²) < 4.78 is 1.98. The molecule has 1 unspecified atom stereocenters. The lowest BCUT2D eigenvalue weighted by Gasteiger charge is -2.40. The number of nitrogens with two attached hydrogens (primary N) is 1. The van der Waals surface area contributed by atoms with E-state index in [1.807, 2.05) is 38.5 Å². The molecule has 120 valence electrons. The van der Waals surface area contributed by atoms with Crippen LogP contribution in [0, 0.1) is 10.8 Å². The first kappa shape index (κ1) is 17.7. The smallest absolute Gasteiger partial charge is 0.227 e. The molecular formula is C16H30N4O. The van der Waals surface area contributed by atoms with E-state index in [4.69, 9.17) is 5.73 Å². The first-order valence-electron chi connectivity index (χ1n) is 7.41. The molecule has 0 aliphatic heterocycles. The highest BCUT2D eigenvalue weighted by Gasteiger charge is 2.42. The molecule has 1 heterocycles. The van der Waals surface area contributed by atoms with Crippen LogP contribution >= 0.6 is 0 Å². The molecule has 0 aliphatic carbocycles. The Morgan fingerprint density at radius 3 is 2.19 bits per heavy atom. The van der Waals surface area contributed by atoms with Crippen molar-refractivity contribution in [3.63, 3.8) is 0 Å². The van der Waals surface area contributed by atoms with Gasteiger partial charge in [0.05, 0.1) is 17.8 Å². The highest BCUT2D eigenvalue weighted by molar-refractivity contribution is 5.83. The van der Waals surface area contributed by atoms with Crippen molar-refractivity contribution in [2.75, 3.05) is 0 Å². The number of carbonyl (C=O) groups excluding carboxylic acids is 1. The summed E-state index contributed by atoms with van der Waals surface area (Å²) in [5, 5.41) is 3.17. The lowest BCUT2D eigenvalue weighted by atomic mass is 9.74. The van der Waals surface area contributed by atoms with E-state index in [0.717, 1.165) is 0 Å². The maximum absolute atomic E-state index is 12.7. The van der Waals surface area contributed by atoms with Crippen LogP contribution in [0.15, 0.2) is 18.7 Å². The summed E-state index contributed by atoms with van der Waals surface area (Å²) in [5.74, 6) is -0.0185. The van der Waals surface area contributed by atoms with E-state index in [9.17, 15) is 4.79 Å². The molecule has 1 amide bonds. The Hall–Kier alpha value is -1.36. The highest BCUT2D eigenvalue weighted by atomic mass is 16.2. The number of hydrogen-bond acceptors (Lipinski definition) is 3. The molecule has 5 nitrogen and oxygen atoms in total. The fraction of sp³-hybridized carbons (Fsp3) is 0.750. The van der Waals surface area contributed by atoms with Crippen LogP contribution in [0.3, 0.4) is 0 Å². The van der Waals surface area contributed by atoms with Gasteiger partial charge >= 0.3 is 0 Å². The van der Waals surface area contributed by atoms with Crippen LogP contribution in [0.2, 0.25) is 0 Å². The van der Waals surface area contributed by atoms with Crippen molar-refractivity contribution in [2.45, 2.75) is 66.6 Å². The number of amides is 1. The van der Waals surface area contributed by atoms with Gasteiger partial charge in [-0.2, -0.15) is 0 Å². The summed E-state index contributed by atoms with van der Waals surface area (Å²) in [6.45, 7) is 14.6. The zero-order valence-corrected chi connectivity index (χ0v) is 14.4. The second-order valence-electron chi connectivity index (χ2n) is 8.00. The van der Waals surface area contributed by atoms with E-state index in [1.54, 1.807) is 12.5 Å². The number of aromatic nitrogens is 2. The monoisotopic (exact) mass is 294 g/mol. The first-order valence-corrected chi connectivity index (χ1v) is 7.41. The summed E-state index contributed by atoms with van der Waals surface area (Å²) in [6.07, 6.45) is 5.42. The van der Waals surface area contributed by atoms with Crippen molar-refractivity contribution >= 4 is 5.91 Å². The Morgan fingerprint density at radius 2 is 1.81 bits per heavy atom. The van der Waals surface area contributed by atoms with Crippen LogP contribution in [0.1, 0.15) is 48.5 Å². The lowest BCUT2D eigenvalue weighted by molar-refractivity contribution is -0.134. The van der Waals surface area contributed by atoms with Gasteiger partial charge in [0.1, 0.15) is 0 Å². The van der Waals surface area contributed by atoms with Crippen molar-refractivity contribution in [3.8, 4) is 0 Å². The molecule has 0 radical (unpaired) electrons. The van der Waals surface area contributed by atoms with Crippen molar-refractivity contribution in [1.82, 2.24) is 14.9 Å². The SMILES string of the molecule is CC(C)(C)C(Cn1ccnc1)NC(=O)C(C)(C)C(C)(C)N. The Morgan fingerprint density at radius 1 is 1.24 bits per heavy atom. The van der Waals surface area contributed by atoms with Crippen molar-refractivity contribution < 1.29 is 4.79 Å². The summed E-state index contributed by atoms with van der Waals surface area (Å²) in [5.41, 5.74) is 4.86. The van der Waals surface area contributed by atoms with Gasteiger partial charge in [0.25, 0.3) is 0 Å². The van der Waals surface area contributed by atoms with Crippen LogP contribution in [0.5, 0.6) is 0 Å². The molecule has 0 spiro atoms. The molecule has 0 fully saturated rings. The van der Waals surface area contributed by atoms with Gasteiger partial charge in [-0.3, -0.25) is 4.79 Å². The van der Waals surface area contributed by atoms with Gasteiger partial charge in [-0.15, -0.1) is 0 Å². The van der Waals surface area contributed by atoms with E-state index in [0.29, 0.717) is 6.54 Å². The fourth-order valence-corrected chi connectivity index (χ4v) is 1.77. The van der Waals surface area contributed by atoms with Gasteiger partial charge in [0.2, 0.25) is 5.91 Å². The van der Waals surface area contributed by atoms with E-state index in [1.165, 1.54) is 0 Å². The van der Waals surface area contributed by atoms with Crippen LogP contribution in [0.25, 0.3) is 0 Å². The minimum absolute atomic E-state index is 0.000764. The minimum Gasteiger partial charge on any atom is -0.351 e. The van der Waals surface area contributed by atoms with E-state index < -0.39 is 11.0 Å². The third-order valence-corrected chi connectivity index (χ3v) is 4.48. The number of hydrogen-bond donors (Lipinski definition) is 2. The molecule has 21 heavy (non-hydrogen) atoms. The summed E-state index contributed by atoms with van der Waals surface area (Å²) in [6, 6.07) is 0.000764. The average Bonchev–Trinajstić information content (AvgIpc) is 2.77. The van der Waals surface area contributed by atoms with Crippen LogP contribution in [-0.2, 0) is 11.3 Å². The van der Waals surface area contributed by atoms with E-state index in [2.05, 4.69) is 31.1 Å². The average molecular weight is 294 g/mol. The van der Waals surface area contributed by atoms with Crippen molar-refractivity contribution in [1.29, 1.82) is 0 Å². The molecule has 5 heteroatoms. The topological polar surface area (TPSA) is 72.9 Å². The standard InChI is InChI=1S/C16H30N4O/c1-14(2,3)12(10-20-9-8-18-11-20)19-13(21)15(4,5)16(6,7)17/h8-9,11-12H,10,17H2,1-7H3,(H,19,21). The normalized spacial score (nSPS) is 14.9. The summed E-state index contributed by atoms with van der Waals surface area (Å²) in [7, 11) is 0. The summed E-state index contributed by atoms with van der Waals surface area (Å²) >= 11 is 0. The van der Waals surface area contributed by atoms with Gasteiger partial charge in [-0.25, -0.2) is 4.98 Å². The second kappa shape index (κ2) is 5.79. The minimum atomic E-state index is -0.647. The lowest BCUT2D eigenvalue weighted by Crippen LogP contribution is -2.59. The quantitative estimate of drug-likeness (QED) is 0.874. The maximum Gasteiger partial charge on any atom is 0.227 e. The van der Waals surface area contributed by atoms with Gasteiger partial charge in [0.15, 0.2) is 0 Å². The number of carbonyl (C=O) groups is 1. The van der Waals surface area contributed by atoms with Gasteiger partial charge < -0.3 is 15.6 Å². The fourth-order valence-electron chi connectivity index (χ4n) is 1.77. The summed E-state index contributed by atoms with van der Waals surface area (Å²) in [4.78, 5) is 16.7. The Balaban J connectivity index is 2.90. The molecule has 3 N–H and O–H groups in total. The predicted molar refractivity (Wildman–Crippen MR) is 85.7 cm³/mol. The molecule has 0 saturated heterocycles. The van der Waals surface area contributed by atoms with Crippen LogP contribution < -0.4 is 11.1 Å². The second-order valence-corrected chi connectivity index (χ2v) is 8.00. The third-order valence-electron chi connectivity index (χ3n) is 4.48. The van der Waals surface area contributed by atoms with Gasteiger partial charge in [0, 0.05) is 24.5 Å². The number of nitrogens with one attached hydrogen (secondary N) is 1. The van der Waals surface area contributed by atoms with E-state index >= 15 is 0 Å². The first-order chi connectivity index (χ1) is 9.35. The molecular weight excluding hydrogens is 264 g/mol. The van der Waals surface area contributed by atoms with Crippen LogP contribution in [-0.4, -0.2) is 27.0 Å². The molecule has 0 aliphatic rings. The zero-order valence-electron chi connectivity index (χ0n) is 14.4. The number of nitrogens with zero attached hydrogens (tertiary/aromatic N) is 2. The molecule has 0 bridgehead atoms. The molecule has 0 saturated carbocycles. The molecule has 0 aromatic carbocycles.